The molecule has 1 aliphatic carbocycles. The fourth-order valence-corrected chi connectivity index (χ4v) is 1.61. The first kappa shape index (κ1) is 5.41. The summed E-state index contributed by atoms with van der Waals surface area (Å²) in [5.41, 5.74) is 0. The van der Waals surface area contributed by atoms with Crippen LogP contribution in [0.15, 0.2) is 0 Å². The zero-order valence-corrected chi connectivity index (χ0v) is 7.68. The van der Waals surface area contributed by atoms with Crippen molar-refractivity contribution in [3.05, 3.63) is 0 Å². The van der Waals surface area contributed by atoms with E-state index in [1.807, 2.05) is 6.92 Å². The molecule has 1 aliphatic rings. The molecule has 1 nitrogen and oxygen atoms in total. The van der Waals surface area contributed by atoms with Crippen LogP contribution in [0.2, 0.25) is 0 Å². The maximum atomic E-state index is 10.5. The Balaban J connectivity index is 2.86. The average molecular weight is 172 g/mol. The lowest BCUT2D eigenvalue weighted by atomic mass is 9.79. The normalized spacial score (nSPS) is 51.4. The predicted molar refractivity (Wildman–Crippen MR) is 51.0 cm³/mol. The van der Waals surface area contributed by atoms with Gasteiger partial charge in [-0.2, -0.15) is 0 Å². The number of carbonyl (C=O) groups is 1. The Morgan fingerprint density at radius 2 is 2.50 bits per heavy atom. The van der Waals surface area contributed by atoms with Crippen molar-refractivity contribution >= 4 is 6.29 Å². The van der Waals surface area contributed by atoms with Crippen LogP contribution in [-0.4, -0.2) is 6.29 Å². The Labute approximate surface area is 81.2 Å². The van der Waals surface area contributed by atoms with Crippen molar-refractivity contribution in [3.8, 4) is 0 Å². The van der Waals surface area contributed by atoms with Crippen LogP contribution in [0, 0.1) is 11.8 Å². The van der Waals surface area contributed by atoms with Crippen LogP contribution < -0.4 is 0 Å². The number of rotatable bonds is 4. The molecular formula is C11H20O. The Bertz CT molecular complexity index is 256. The Morgan fingerprint density at radius 1 is 1.67 bits per heavy atom. The Kier molecular flexibility index (Phi) is 2.41. The minimum Gasteiger partial charge on any atom is -0.303 e. The molecule has 0 amide bonds. The van der Waals surface area contributed by atoms with E-state index in [9.17, 15) is 4.79 Å². The van der Waals surface area contributed by atoms with Gasteiger partial charge in [0.05, 0.1) is 0 Å². The first-order valence-electron chi connectivity index (χ1n) is 6.82. The molecule has 1 fully saturated rings. The van der Waals surface area contributed by atoms with Crippen LogP contribution in [0.1, 0.15) is 57.3 Å². The van der Waals surface area contributed by atoms with Crippen LogP contribution in [-0.2, 0) is 4.79 Å². The van der Waals surface area contributed by atoms with E-state index in [1.165, 1.54) is 0 Å². The third kappa shape index (κ3) is 2.96. The van der Waals surface area contributed by atoms with Gasteiger partial charge in [-0.1, -0.05) is 32.6 Å². The largest absolute Gasteiger partial charge is 0.303 e. The average Bonchev–Trinajstić information content (AvgIpc) is 2.21. The van der Waals surface area contributed by atoms with Gasteiger partial charge < -0.3 is 4.79 Å². The number of aldehydes is 1. The second-order valence-corrected chi connectivity index (χ2v) is 3.37. The molecular weight excluding hydrogens is 148 g/mol. The van der Waals surface area contributed by atoms with Crippen LogP contribution in [0.3, 0.4) is 0 Å². The van der Waals surface area contributed by atoms with Crippen LogP contribution in [0.5, 0.6) is 0 Å². The summed E-state index contributed by atoms with van der Waals surface area (Å²) in [6, 6.07) is 0. The number of hydrogen-bond donors (Lipinski definition) is 0. The first-order valence-corrected chi connectivity index (χ1v) is 4.75. The maximum Gasteiger partial charge on any atom is 0.120 e. The minimum absolute atomic E-state index is 0.0325. The molecule has 3 atom stereocenters. The molecule has 1 saturated carbocycles. The van der Waals surface area contributed by atoms with E-state index >= 15 is 0 Å². The van der Waals surface area contributed by atoms with Gasteiger partial charge >= 0.3 is 0 Å². The summed E-state index contributed by atoms with van der Waals surface area (Å²) in [5, 5.41) is 0. The predicted octanol–water partition coefficient (Wildman–Crippen LogP) is 3.18. The molecule has 0 aliphatic heterocycles. The molecule has 0 saturated heterocycles. The minimum atomic E-state index is -1.88. The zero-order valence-electron chi connectivity index (χ0n) is 11.7. The smallest absolute Gasteiger partial charge is 0.120 e. The van der Waals surface area contributed by atoms with E-state index in [4.69, 9.17) is 5.48 Å². The highest BCUT2D eigenvalue weighted by Crippen LogP contribution is 2.32. The van der Waals surface area contributed by atoms with Gasteiger partial charge in [0.1, 0.15) is 6.29 Å². The standard InChI is InChI=1S/C11H20O/c1-2-3-10-4-6-11(7-5-10)8-9-12/h9-11H,2-8H2,1H3/t10-,11-/i4D,6D2,11D/t4?,10-,11-/m1/s1. The summed E-state index contributed by atoms with van der Waals surface area (Å²) in [6.07, 6.45) is 0.605. The molecule has 1 unspecified atom stereocenters. The Morgan fingerprint density at radius 3 is 3.17 bits per heavy atom. The Hall–Kier alpha value is -0.330. The highest BCUT2D eigenvalue weighted by Gasteiger charge is 2.19. The van der Waals surface area contributed by atoms with Crippen molar-refractivity contribution in [1.29, 1.82) is 0 Å². The van der Waals surface area contributed by atoms with Gasteiger partial charge in [0.15, 0.2) is 0 Å². The molecule has 0 heterocycles. The monoisotopic (exact) mass is 172 g/mol. The third-order valence-corrected chi connectivity index (χ3v) is 2.33. The lowest BCUT2D eigenvalue weighted by molar-refractivity contribution is -0.108. The molecule has 0 aromatic carbocycles. The van der Waals surface area contributed by atoms with E-state index in [1.54, 1.807) is 0 Å². The molecule has 0 N–H and O–H groups in total. The highest BCUT2D eigenvalue weighted by atomic mass is 16.1. The van der Waals surface area contributed by atoms with Crippen molar-refractivity contribution in [1.82, 2.24) is 0 Å². The quantitative estimate of drug-likeness (QED) is 0.595. The first-order chi connectivity index (χ1) is 7.39. The summed E-state index contributed by atoms with van der Waals surface area (Å²) < 4.78 is 31.9. The number of carbonyl (C=O) groups excluding carboxylic acids is 1. The van der Waals surface area contributed by atoms with Gasteiger partial charge in [-0.3, -0.25) is 0 Å². The lowest BCUT2D eigenvalue weighted by Gasteiger charge is -2.26. The second-order valence-electron chi connectivity index (χ2n) is 3.37. The molecule has 0 bridgehead atoms. The summed E-state index contributed by atoms with van der Waals surface area (Å²) in [7, 11) is 0. The summed E-state index contributed by atoms with van der Waals surface area (Å²) in [4.78, 5) is 10.5. The zero-order chi connectivity index (χ0) is 12.4. The topological polar surface area (TPSA) is 17.1 Å². The van der Waals surface area contributed by atoms with Crippen molar-refractivity contribution in [2.75, 3.05) is 0 Å². The van der Waals surface area contributed by atoms with Crippen molar-refractivity contribution in [2.24, 2.45) is 11.8 Å². The van der Waals surface area contributed by atoms with Crippen LogP contribution >= 0.6 is 0 Å². The molecule has 0 radical (unpaired) electrons. The van der Waals surface area contributed by atoms with Crippen LogP contribution in [0.4, 0.5) is 0 Å². The van der Waals surface area contributed by atoms with Gasteiger partial charge in [0, 0.05) is 11.9 Å². The molecule has 0 aromatic heterocycles. The van der Waals surface area contributed by atoms with E-state index in [-0.39, 0.29) is 12.3 Å². The van der Waals surface area contributed by atoms with Crippen molar-refractivity contribution in [3.63, 3.8) is 0 Å². The SMILES string of the molecule is [2H]C1[C@@H](CCC)CC[C@]([2H])(CC=O)C1([2H])[2H]. The lowest BCUT2D eigenvalue weighted by Crippen LogP contribution is -2.14. The van der Waals surface area contributed by atoms with E-state index in [2.05, 4.69) is 0 Å². The second kappa shape index (κ2) is 5.34. The molecule has 0 spiro atoms. The van der Waals surface area contributed by atoms with Gasteiger partial charge in [-0.25, -0.2) is 0 Å². The third-order valence-electron chi connectivity index (χ3n) is 2.33. The number of hydrogen-bond acceptors (Lipinski definition) is 1. The van der Waals surface area contributed by atoms with E-state index in [0.717, 1.165) is 12.8 Å². The molecule has 12 heavy (non-hydrogen) atoms. The maximum absolute atomic E-state index is 10.5. The van der Waals surface area contributed by atoms with Gasteiger partial charge in [0.25, 0.3) is 0 Å². The molecule has 0 aromatic rings. The highest BCUT2D eigenvalue weighted by molar-refractivity contribution is 5.49. The van der Waals surface area contributed by atoms with Crippen molar-refractivity contribution < 1.29 is 10.3 Å². The van der Waals surface area contributed by atoms with Gasteiger partial charge in [-0.15, -0.1) is 0 Å². The van der Waals surface area contributed by atoms with E-state index in [0.29, 0.717) is 19.1 Å². The van der Waals surface area contributed by atoms with Crippen molar-refractivity contribution in [2.45, 2.75) is 51.8 Å². The van der Waals surface area contributed by atoms with E-state index < -0.39 is 18.7 Å². The van der Waals surface area contributed by atoms with Gasteiger partial charge in [-0.05, 0) is 24.6 Å². The molecule has 70 valence electrons. The summed E-state index contributed by atoms with van der Waals surface area (Å²) in [5.74, 6) is -1.36. The van der Waals surface area contributed by atoms with Gasteiger partial charge in [0.2, 0.25) is 0 Å². The fourth-order valence-electron chi connectivity index (χ4n) is 1.61. The molecule has 1 heteroatoms. The summed E-state index contributed by atoms with van der Waals surface area (Å²) >= 11 is 0. The van der Waals surface area contributed by atoms with Crippen LogP contribution in [0.25, 0.3) is 0 Å². The fraction of sp³-hybridized carbons (Fsp3) is 0.909. The molecule has 1 rings (SSSR count). The summed E-state index contributed by atoms with van der Waals surface area (Å²) in [6.45, 7) is 2.02.